The Kier molecular flexibility index (Phi) is 3.26. The number of fused-ring (bicyclic) bond motifs is 1. The minimum Gasteiger partial charge on any atom is -0.394 e. The van der Waals surface area contributed by atoms with E-state index in [2.05, 4.69) is 15.0 Å². The molecule has 4 N–H and O–H groups in total. The normalized spacial score (nSPS) is 30.2. The molecule has 1 fully saturated rings. The second-order valence-corrected chi connectivity index (χ2v) is 4.80. The standard InChI is InChI=1S/C10H11FN4O4S/c11-10-13-7-4(8(20)14-10)12-2-15(7)9-6(18)5(17)3(1-16)19-9/h2-3,5-6,9,16-18H,1H2,(H,13,14,20)/t3-,5-,6-,9-/m1/s1. The number of aliphatic hydroxyl groups is 3. The van der Waals surface area contributed by atoms with Crippen LogP contribution in [-0.2, 0) is 4.74 Å². The van der Waals surface area contributed by atoms with Crippen molar-refractivity contribution in [3.05, 3.63) is 17.0 Å². The van der Waals surface area contributed by atoms with Crippen LogP contribution in [0.15, 0.2) is 6.33 Å². The Hall–Kier alpha value is -1.46. The number of nitrogens with one attached hydrogen (secondary N) is 1. The van der Waals surface area contributed by atoms with Crippen molar-refractivity contribution >= 4 is 23.4 Å². The lowest BCUT2D eigenvalue weighted by Gasteiger charge is -2.16. The lowest BCUT2D eigenvalue weighted by molar-refractivity contribution is -0.0511. The highest BCUT2D eigenvalue weighted by Crippen LogP contribution is 2.31. The molecule has 1 aliphatic heterocycles. The van der Waals surface area contributed by atoms with Crippen LogP contribution in [0.3, 0.4) is 0 Å². The van der Waals surface area contributed by atoms with E-state index in [1.54, 1.807) is 0 Å². The molecular formula is C10H11FN4O4S. The van der Waals surface area contributed by atoms with Crippen LogP contribution in [0.1, 0.15) is 6.23 Å². The first kappa shape index (κ1) is 13.5. The number of rotatable bonds is 2. The summed E-state index contributed by atoms with van der Waals surface area (Å²) in [6.07, 6.45) is -4.09. The van der Waals surface area contributed by atoms with Crippen molar-refractivity contribution < 1.29 is 24.4 Å². The van der Waals surface area contributed by atoms with E-state index in [1.807, 2.05) is 0 Å². The van der Waals surface area contributed by atoms with Gasteiger partial charge in [0.15, 0.2) is 10.9 Å². The second-order valence-electron chi connectivity index (χ2n) is 4.41. The van der Waals surface area contributed by atoms with Gasteiger partial charge in [0, 0.05) is 0 Å². The van der Waals surface area contributed by atoms with Crippen LogP contribution in [0.4, 0.5) is 4.39 Å². The number of aliphatic hydroxyl groups excluding tert-OH is 3. The molecule has 0 bridgehead atoms. The van der Waals surface area contributed by atoms with E-state index in [0.717, 1.165) is 0 Å². The van der Waals surface area contributed by atoms with Gasteiger partial charge in [0.2, 0.25) is 0 Å². The molecule has 3 rings (SSSR count). The van der Waals surface area contributed by atoms with Crippen LogP contribution in [0, 0.1) is 10.7 Å². The highest BCUT2D eigenvalue weighted by molar-refractivity contribution is 7.71. The summed E-state index contributed by atoms with van der Waals surface area (Å²) >= 11 is 4.89. The second kappa shape index (κ2) is 4.82. The monoisotopic (exact) mass is 302 g/mol. The third-order valence-electron chi connectivity index (χ3n) is 3.21. The molecule has 0 spiro atoms. The van der Waals surface area contributed by atoms with Gasteiger partial charge in [0.1, 0.15) is 29.5 Å². The van der Waals surface area contributed by atoms with Gasteiger partial charge in [-0.15, -0.1) is 0 Å². The Labute approximate surface area is 116 Å². The zero-order valence-electron chi connectivity index (χ0n) is 9.97. The maximum absolute atomic E-state index is 13.3. The average Bonchev–Trinajstić information content (AvgIpc) is 2.93. The van der Waals surface area contributed by atoms with E-state index >= 15 is 0 Å². The van der Waals surface area contributed by atoms with Gasteiger partial charge < -0.3 is 20.1 Å². The lowest BCUT2D eigenvalue weighted by Crippen LogP contribution is -2.33. The minimum absolute atomic E-state index is 0.0262. The van der Waals surface area contributed by atoms with Crippen molar-refractivity contribution in [3.63, 3.8) is 0 Å². The van der Waals surface area contributed by atoms with Gasteiger partial charge in [-0.1, -0.05) is 12.2 Å². The first-order valence-corrected chi connectivity index (χ1v) is 6.18. The molecule has 4 atom stereocenters. The molecule has 1 saturated heterocycles. The van der Waals surface area contributed by atoms with Gasteiger partial charge in [-0.05, 0) is 0 Å². The zero-order valence-corrected chi connectivity index (χ0v) is 10.8. The summed E-state index contributed by atoms with van der Waals surface area (Å²) in [6.45, 7) is -0.451. The van der Waals surface area contributed by atoms with Crippen LogP contribution in [0.25, 0.3) is 11.2 Å². The quantitative estimate of drug-likeness (QED) is 0.425. The number of halogens is 1. The summed E-state index contributed by atoms with van der Waals surface area (Å²) in [6, 6.07) is 0. The molecule has 3 heterocycles. The van der Waals surface area contributed by atoms with Crippen LogP contribution < -0.4 is 0 Å². The molecule has 0 aromatic carbocycles. The molecule has 10 heteroatoms. The number of ether oxygens (including phenoxy) is 1. The van der Waals surface area contributed by atoms with Crippen molar-refractivity contribution in [2.45, 2.75) is 24.5 Å². The van der Waals surface area contributed by atoms with Gasteiger partial charge in [0.25, 0.3) is 6.08 Å². The SMILES string of the molecule is OC[C@H]1O[C@@H](n2cnc3c(=S)nc(F)[nH]c32)[C@H](O)[C@@H]1O. The minimum atomic E-state index is -1.29. The summed E-state index contributed by atoms with van der Waals surface area (Å²) in [4.78, 5) is 9.75. The van der Waals surface area contributed by atoms with Crippen molar-refractivity contribution in [1.29, 1.82) is 0 Å². The number of aromatic amines is 1. The first-order chi connectivity index (χ1) is 9.52. The van der Waals surface area contributed by atoms with E-state index in [-0.39, 0.29) is 15.8 Å². The van der Waals surface area contributed by atoms with Gasteiger partial charge >= 0.3 is 0 Å². The van der Waals surface area contributed by atoms with Crippen molar-refractivity contribution in [3.8, 4) is 0 Å². The Bertz CT molecular complexity index is 704. The molecule has 2 aromatic heterocycles. The first-order valence-electron chi connectivity index (χ1n) is 5.77. The predicted octanol–water partition coefficient (Wildman–Crippen LogP) is -0.761. The Morgan fingerprint density at radius 2 is 2.20 bits per heavy atom. The summed E-state index contributed by atoms with van der Waals surface area (Å²) in [5, 5.41) is 28.7. The van der Waals surface area contributed by atoms with E-state index in [1.165, 1.54) is 10.9 Å². The van der Waals surface area contributed by atoms with E-state index in [9.17, 15) is 14.6 Å². The Balaban J connectivity index is 2.09. The average molecular weight is 302 g/mol. The number of nitrogens with zero attached hydrogens (tertiary/aromatic N) is 3. The third-order valence-corrected chi connectivity index (χ3v) is 3.49. The molecule has 108 valence electrons. The molecule has 0 aliphatic carbocycles. The molecule has 0 amide bonds. The maximum atomic E-state index is 13.3. The van der Waals surface area contributed by atoms with Crippen molar-refractivity contribution in [1.82, 2.24) is 19.5 Å². The maximum Gasteiger partial charge on any atom is 0.289 e. The molecule has 1 aliphatic rings. The van der Waals surface area contributed by atoms with Gasteiger partial charge in [0.05, 0.1) is 12.9 Å². The number of hydrogen-bond acceptors (Lipinski definition) is 7. The molecule has 20 heavy (non-hydrogen) atoms. The molecule has 0 radical (unpaired) electrons. The Morgan fingerprint density at radius 1 is 1.45 bits per heavy atom. The number of hydrogen-bond donors (Lipinski definition) is 4. The molecule has 0 unspecified atom stereocenters. The van der Waals surface area contributed by atoms with Gasteiger partial charge in [-0.2, -0.15) is 9.37 Å². The molecule has 0 saturated carbocycles. The summed E-state index contributed by atoms with van der Waals surface area (Å²) < 4.78 is 19.9. The van der Waals surface area contributed by atoms with Crippen LogP contribution in [0.2, 0.25) is 0 Å². The zero-order chi connectivity index (χ0) is 14.4. The molecule has 8 nitrogen and oxygen atoms in total. The topological polar surface area (TPSA) is 116 Å². The van der Waals surface area contributed by atoms with E-state index in [4.69, 9.17) is 22.1 Å². The summed E-state index contributed by atoms with van der Waals surface area (Å²) in [5.41, 5.74) is 0.427. The van der Waals surface area contributed by atoms with Crippen molar-refractivity contribution in [2.24, 2.45) is 0 Å². The third kappa shape index (κ3) is 1.93. The largest absolute Gasteiger partial charge is 0.394 e. The smallest absolute Gasteiger partial charge is 0.289 e. The molecular weight excluding hydrogens is 291 g/mol. The highest BCUT2D eigenvalue weighted by Gasteiger charge is 2.43. The van der Waals surface area contributed by atoms with Crippen LogP contribution in [0.5, 0.6) is 0 Å². The molecule has 2 aromatic rings. The fourth-order valence-electron chi connectivity index (χ4n) is 2.21. The fraction of sp³-hybridized carbons (Fsp3) is 0.500. The van der Waals surface area contributed by atoms with Gasteiger partial charge in [-0.3, -0.25) is 9.55 Å². The Morgan fingerprint density at radius 3 is 2.85 bits per heavy atom. The summed E-state index contributed by atoms with van der Waals surface area (Å²) in [5.74, 6) is 0. The number of imidazole rings is 1. The number of H-pyrrole nitrogens is 1. The number of aromatic nitrogens is 4. The predicted molar refractivity (Wildman–Crippen MR) is 65.7 cm³/mol. The van der Waals surface area contributed by atoms with Gasteiger partial charge in [-0.25, -0.2) is 4.98 Å². The fourth-order valence-corrected chi connectivity index (χ4v) is 2.44. The van der Waals surface area contributed by atoms with E-state index < -0.39 is 37.2 Å². The van der Waals surface area contributed by atoms with Crippen LogP contribution in [-0.4, -0.2) is 59.8 Å². The van der Waals surface area contributed by atoms with Crippen LogP contribution >= 0.6 is 12.2 Å². The summed E-state index contributed by atoms with van der Waals surface area (Å²) in [7, 11) is 0. The van der Waals surface area contributed by atoms with E-state index in [0.29, 0.717) is 0 Å². The lowest BCUT2D eigenvalue weighted by atomic mass is 10.1. The highest BCUT2D eigenvalue weighted by atomic mass is 32.1. The van der Waals surface area contributed by atoms with Crippen molar-refractivity contribution in [2.75, 3.05) is 6.61 Å².